The maximum absolute atomic E-state index is 13.2. The highest BCUT2D eigenvalue weighted by atomic mass is 19.4. The summed E-state index contributed by atoms with van der Waals surface area (Å²) in [4.78, 5) is 0. The van der Waals surface area contributed by atoms with Gasteiger partial charge in [-0.1, -0.05) is 26.7 Å². The molecule has 0 heterocycles. The zero-order valence-electron chi connectivity index (χ0n) is 12.6. The van der Waals surface area contributed by atoms with Gasteiger partial charge in [-0.05, 0) is 55.8 Å². The summed E-state index contributed by atoms with van der Waals surface area (Å²) in [5, 5.41) is 0. The molecule has 2 N–H and O–H groups in total. The normalized spacial score (nSPS) is 41.4. The van der Waals surface area contributed by atoms with Crippen LogP contribution < -0.4 is 5.73 Å². The van der Waals surface area contributed by atoms with Gasteiger partial charge in [0.2, 0.25) is 0 Å². The van der Waals surface area contributed by atoms with Crippen molar-refractivity contribution in [3.05, 3.63) is 0 Å². The third kappa shape index (κ3) is 3.69. The lowest BCUT2D eigenvalue weighted by Crippen LogP contribution is -2.48. The monoisotopic (exact) mass is 291 g/mol. The van der Waals surface area contributed by atoms with E-state index in [1.165, 1.54) is 6.42 Å². The van der Waals surface area contributed by atoms with E-state index in [4.69, 9.17) is 5.73 Å². The minimum Gasteiger partial charge on any atom is -0.327 e. The highest BCUT2D eigenvalue weighted by Crippen LogP contribution is 2.46. The SMILES string of the molecule is CC1CC(C)CC(C(N)C2CCCCC2C(F)(F)F)C1. The van der Waals surface area contributed by atoms with Gasteiger partial charge >= 0.3 is 6.18 Å². The molecular weight excluding hydrogens is 263 g/mol. The minimum absolute atomic E-state index is 0.271. The van der Waals surface area contributed by atoms with Crippen molar-refractivity contribution in [3.8, 4) is 0 Å². The minimum atomic E-state index is -4.07. The summed E-state index contributed by atoms with van der Waals surface area (Å²) in [6.45, 7) is 4.41. The van der Waals surface area contributed by atoms with Crippen molar-refractivity contribution in [3.63, 3.8) is 0 Å². The van der Waals surface area contributed by atoms with Gasteiger partial charge in [0.25, 0.3) is 0 Å². The zero-order chi connectivity index (χ0) is 14.9. The third-order valence-electron chi connectivity index (χ3n) is 5.49. The Balaban J connectivity index is 2.07. The van der Waals surface area contributed by atoms with Crippen LogP contribution in [0.5, 0.6) is 0 Å². The molecule has 2 fully saturated rings. The van der Waals surface area contributed by atoms with Gasteiger partial charge in [-0.25, -0.2) is 0 Å². The average Bonchev–Trinajstić information content (AvgIpc) is 2.35. The van der Waals surface area contributed by atoms with Gasteiger partial charge in [-0.15, -0.1) is 0 Å². The van der Waals surface area contributed by atoms with E-state index in [0.29, 0.717) is 24.7 Å². The second-order valence-corrected chi connectivity index (χ2v) is 7.35. The van der Waals surface area contributed by atoms with E-state index < -0.39 is 12.1 Å². The van der Waals surface area contributed by atoms with Gasteiger partial charge in [0.05, 0.1) is 5.92 Å². The molecule has 0 aromatic rings. The second kappa shape index (κ2) is 6.25. The van der Waals surface area contributed by atoms with E-state index in [0.717, 1.165) is 19.3 Å². The molecule has 5 unspecified atom stereocenters. The zero-order valence-corrected chi connectivity index (χ0v) is 12.6. The second-order valence-electron chi connectivity index (χ2n) is 7.35. The molecule has 4 heteroatoms. The van der Waals surface area contributed by atoms with Crippen LogP contribution in [0, 0.1) is 29.6 Å². The molecule has 0 aliphatic heterocycles. The first-order valence-electron chi connectivity index (χ1n) is 8.11. The van der Waals surface area contributed by atoms with Crippen molar-refractivity contribution in [1.82, 2.24) is 0 Å². The van der Waals surface area contributed by atoms with Crippen LogP contribution in [-0.2, 0) is 0 Å². The molecule has 0 amide bonds. The van der Waals surface area contributed by atoms with Gasteiger partial charge in [-0.2, -0.15) is 13.2 Å². The van der Waals surface area contributed by atoms with Crippen LogP contribution in [0.4, 0.5) is 13.2 Å². The lowest BCUT2D eigenvalue weighted by molar-refractivity contribution is -0.200. The first kappa shape index (κ1) is 16.1. The lowest BCUT2D eigenvalue weighted by Gasteiger charge is -2.43. The molecule has 0 bridgehead atoms. The number of rotatable bonds is 2. The van der Waals surface area contributed by atoms with Crippen LogP contribution >= 0.6 is 0 Å². The fraction of sp³-hybridized carbons (Fsp3) is 1.00. The summed E-state index contributed by atoms with van der Waals surface area (Å²) in [6.07, 6.45) is 1.67. The smallest absolute Gasteiger partial charge is 0.327 e. The molecule has 2 aliphatic carbocycles. The first-order chi connectivity index (χ1) is 9.29. The summed E-state index contributed by atoms with van der Waals surface area (Å²) < 4.78 is 39.7. The van der Waals surface area contributed by atoms with E-state index in [2.05, 4.69) is 13.8 Å². The van der Waals surface area contributed by atoms with Crippen LogP contribution in [0.15, 0.2) is 0 Å². The largest absolute Gasteiger partial charge is 0.392 e. The molecule has 118 valence electrons. The average molecular weight is 291 g/mol. The van der Waals surface area contributed by atoms with E-state index in [1.807, 2.05) is 0 Å². The van der Waals surface area contributed by atoms with Crippen LogP contribution in [0.1, 0.15) is 58.8 Å². The third-order valence-corrected chi connectivity index (χ3v) is 5.49. The Hall–Kier alpha value is -0.250. The van der Waals surface area contributed by atoms with Crippen molar-refractivity contribution in [2.24, 2.45) is 35.3 Å². The molecule has 0 aromatic heterocycles. The summed E-state index contributed by atoms with van der Waals surface area (Å²) in [5.74, 6) is -0.0443. The topological polar surface area (TPSA) is 26.0 Å². The van der Waals surface area contributed by atoms with Gasteiger partial charge in [0.1, 0.15) is 0 Å². The van der Waals surface area contributed by atoms with Crippen LogP contribution in [0.3, 0.4) is 0 Å². The lowest BCUT2D eigenvalue weighted by atomic mass is 9.66. The summed E-state index contributed by atoms with van der Waals surface area (Å²) in [6, 6.07) is -0.271. The van der Waals surface area contributed by atoms with Crippen molar-refractivity contribution in [1.29, 1.82) is 0 Å². The molecule has 0 saturated heterocycles. The van der Waals surface area contributed by atoms with E-state index in [-0.39, 0.29) is 24.3 Å². The number of nitrogens with two attached hydrogens (primary N) is 1. The number of hydrogen-bond acceptors (Lipinski definition) is 1. The van der Waals surface area contributed by atoms with Gasteiger partial charge < -0.3 is 5.73 Å². The van der Waals surface area contributed by atoms with Crippen molar-refractivity contribution >= 4 is 0 Å². The van der Waals surface area contributed by atoms with Crippen molar-refractivity contribution in [2.75, 3.05) is 0 Å². The molecule has 2 aliphatic rings. The molecule has 20 heavy (non-hydrogen) atoms. The Morgan fingerprint density at radius 2 is 1.50 bits per heavy atom. The maximum atomic E-state index is 13.2. The fourth-order valence-electron chi connectivity index (χ4n) is 4.70. The molecule has 0 aromatic carbocycles. The summed E-state index contributed by atoms with van der Waals surface area (Å²) in [7, 11) is 0. The molecule has 0 radical (unpaired) electrons. The summed E-state index contributed by atoms with van der Waals surface area (Å²) in [5.41, 5.74) is 6.33. The predicted octanol–water partition coefficient (Wildman–Crippen LogP) is 4.75. The van der Waals surface area contributed by atoms with E-state index in [9.17, 15) is 13.2 Å². The van der Waals surface area contributed by atoms with Crippen LogP contribution in [-0.4, -0.2) is 12.2 Å². The Morgan fingerprint density at radius 3 is 2.05 bits per heavy atom. The Kier molecular flexibility index (Phi) is 5.04. The highest BCUT2D eigenvalue weighted by molar-refractivity contribution is 4.92. The Bertz CT molecular complexity index is 305. The molecule has 0 spiro atoms. The Labute approximate surface area is 120 Å². The highest BCUT2D eigenvalue weighted by Gasteiger charge is 2.48. The van der Waals surface area contributed by atoms with Crippen molar-refractivity contribution < 1.29 is 13.2 Å². The first-order valence-corrected chi connectivity index (χ1v) is 8.11. The van der Waals surface area contributed by atoms with Gasteiger partial charge in [-0.3, -0.25) is 0 Å². The standard InChI is InChI=1S/C16H28F3N/c1-10-7-11(2)9-12(8-10)15(20)13-5-3-4-6-14(13)16(17,18)19/h10-15H,3-9,20H2,1-2H3. The number of halogens is 3. The van der Waals surface area contributed by atoms with Crippen molar-refractivity contribution in [2.45, 2.75) is 71.0 Å². The molecule has 1 nitrogen and oxygen atoms in total. The molecule has 5 atom stereocenters. The quantitative estimate of drug-likeness (QED) is 0.780. The fourth-order valence-corrected chi connectivity index (χ4v) is 4.70. The molecule has 2 saturated carbocycles. The Morgan fingerprint density at radius 1 is 0.950 bits per heavy atom. The molecule has 2 rings (SSSR count). The summed E-state index contributed by atoms with van der Waals surface area (Å²) >= 11 is 0. The number of alkyl halides is 3. The van der Waals surface area contributed by atoms with Crippen LogP contribution in [0.2, 0.25) is 0 Å². The van der Waals surface area contributed by atoms with Crippen LogP contribution in [0.25, 0.3) is 0 Å². The van der Waals surface area contributed by atoms with E-state index >= 15 is 0 Å². The number of hydrogen-bond donors (Lipinski definition) is 1. The van der Waals surface area contributed by atoms with E-state index in [1.54, 1.807) is 0 Å². The molecular formula is C16H28F3N. The predicted molar refractivity (Wildman–Crippen MR) is 75.1 cm³/mol. The van der Waals surface area contributed by atoms with Gasteiger partial charge in [0.15, 0.2) is 0 Å². The maximum Gasteiger partial charge on any atom is 0.392 e. The van der Waals surface area contributed by atoms with Gasteiger partial charge in [0, 0.05) is 6.04 Å².